The Bertz CT molecular complexity index is 1550. The van der Waals surface area contributed by atoms with Gasteiger partial charge in [0.2, 0.25) is 0 Å². The van der Waals surface area contributed by atoms with E-state index in [1.54, 1.807) is 6.07 Å². The first-order valence-electron chi connectivity index (χ1n) is 11.5. The topological polar surface area (TPSA) is 98.8 Å². The highest BCUT2D eigenvalue weighted by Gasteiger charge is 2.33. The van der Waals surface area contributed by atoms with Crippen molar-refractivity contribution in [2.45, 2.75) is 12.5 Å². The molecule has 0 bridgehead atoms. The Hall–Kier alpha value is -4.43. The maximum Gasteiger partial charge on any atom is 0.444 e. The van der Waals surface area contributed by atoms with Gasteiger partial charge in [-0.2, -0.15) is 8.42 Å². The van der Waals surface area contributed by atoms with Crippen molar-refractivity contribution in [2.24, 2.45) is 0 Å². The zero-order valence-electron chi connectivity index (χ0n) is 19.9. The third-order valence-corrected chi connectivity index (χ3v) is 7.38. The van der Waals surface area contributed by atoms with Crippen LogP contribution in [0.25, 0.3) is 11.1 Å². The van der Waals surface area contributed by atoms with E-state index >= 15 is 0 Å². The Kier molecular flexibility index (Phi) is 6.50. The van der Waals surface area contributed by atoms with Crippen molar-refractivity contribution >= 4 is 27.0 Å². The number of rotatable bonds is 6. The van der Waals surface area contributed by atoms with Crippen LogP contribution in [0, 0.1) is 0 Å². The van der Waals surface area contributed by atoms with Crippen molar-refractivity contribution in [3.63, 3.8) is 0 Å². The number of hydrogen-bond acceptors (Lipinski definition) is 6. The molecule has 0 heterocycles. The average molecular weight is 514 g/mol. The number of esters is 1. The number of hydrogen-bond donors (Lipinski definition) is 1. The van der Waals surface area contributed by atoms with Crippen molar-refractivity contribution in [3.05, 3.63) is 125 Å². The van der Waals surface area contributed by atoms with Gasteiger partial charge in [-0.05, 0) is 51.6 Å². The van der Waals surface area contributed by atoms with Crippen molar-refractivity contribution in [3.8, 4) is 11.1 Å². The molecule has 4 aromatic rings. The first-order valence-corrected chi connectivity index (χ1v) is 13.0. The smallest absolute Gasteiger partial charge is 0.444 e. The molecule has 4 aromatic carbocycles. The highest BCUT2D eigenvalue weighted by molar-refractivity contribution is 8.06. The summed E-state index contributed by atoms with van der Waals surface area (Å²) in [7, 11) is -3.44. The van der Waals surface area contributed by atoms with E-state index in [2.05, 4.69) is 9.46 Å². The summed E-state index contributed by atoms with van der Waals surface area (Å²) in [6.07, 6.45) is 0. The van der Waals surface area contributed by atoms with E-state index in [9.17, 15) is 18.0 Å². The summed E-state index contributed by atoms with van der Waals surface area (Å²) in [4.78, 5) is 25.1. The second-order valence-electron chi connectivity index (χ2n) is 8.53. The van der Waals surface area contributed by atoms with Gasteiger partial charge in [0.1, 0.15) is 6.61 Å². The van der Waals surface area contributed by atoms with Crippen molar-refractivity contribution in [2.75, 3.05) is 11.8 Å². The number of carbonyl (C=O) groups is 2. The fourth-order valence-electron chi connectivity index (χ4n) is 4.65. The van der Waals surface area contributed by atoms with E-state index in [0.717, 1.165) is 34.9 Å². The molecule has 0 spiro atoms. The molecule has 7 nitrogen and oxygen atoms in total. The standard InChI is InChI=1S/C29H23NO6S/c1-35-29(32)37(33,34)30-20-15-16-25(28(31)36-18-19-9-3-2-4-10-19)26(17-20)27-23-13-7-5-11-21(23)22-12-6-8-14-24(22)27/h2-17,27,30H,18H2,1H3. The van der Waals surface area contributed by atoms with Crippen LogP contribution in [0.4, 0.5) is 10.5 Å². The van der Waals surface area contributed by atoms with Crippen molar-refractivity contribution < 1.29 is 27.5 Å². The number of nitrogens with one attached hydrogen (secondary N) is 1. The van der Waals surface area contributed by atoms with Gasteiger partial charge in [-0.15, -0.1) is 0 Å². The second kappa shape index (κ2) is 9.91. The van der Waals surface area contributed by atoms with Crippen molar-refractivity contribution in [1.29, 1.82) is 0 Å². The molecule has 0 unspecified atom stereocenters. The number of sulfonamides is 1. The minimum Gasteiger partial charge on any atom is -0.457 e. The molecule has 0 saturated carbocycles. The molecule has 0 saturated heterocycles. The van der Waals surface area contributed by atoms with E-state index in [1.165, 1.54) is 12.1 Å². The Balaban J connectivity index is 1.60. The van der Waals surface area contributed by atoms with Crippen LogP contribution < -0.4 is 4.72 Å². The van der Waals surface area contributed by atoms with Gasteiger partial charge in [0.15, 0.2) is 0 Å². The van der Waals surface area contributed by atoms with Crippen LogP contribution in [0.2, 0.25) is 0 Å². The summed E-state index contributed by atoms with van der Waals surface area (Å²) < 4.78 is 37.0. The number of ether oxygens (including phenoxy) is 2. The SMILES string of the molecule is COC(=O)S(=O)(=O)Nc1ccc(C(=O)OCc2ccccc2)c(C2c3ccccc3-c3ccccc32)c1. The first-order chi connectivity index (χ1) is 17.9. The molecule has 8 heteroatoms. The molecule has 0 atom stereocenters. The minimum atomic E-state index is -4.43. The lowest BCUT2D eigenvalue weighted by molar-refractivity contribution is 0.0471. The summed E-state index contributed by atoms with van der Waals surface area (Å²) in [5.74, 6) is -0.891. The van der Waals surface area contributed by atoms with E-state index in [-0.39, 0.29) is 18.2 Å². The van der Waals surface area contributed by atoms with Gasteiger partial charge in [-0.1, -0.05) is 78.9 Å². The van der Waals surface area contributed by atoms with Crippen LogP contribution >= 0.6 is 0 Å². The summed E-state index contributed by atoms with van der Waals surface area (Å²) >= 11 is 0. The predicted octanol–water partition coefficient (Wildman–Crippen LogP) is 5.71. The molecule has 0 amide bonds. The molecule has 37 heavy (non-hydrogen) atoms. The number of anilines is 1. The summed E-state index contributed by atoms with van der Waals surface area (Å²) in [6, 6.07) is 29.6. The van der Waals surface area contributed by atoms with Crippen molar-refractivity contribution in [1.82, 2.24) is 0 Å². The van der Waals surface area contributed by atoms with Gasteiger partial charge < -0.3 is 9.47 Å². The van der Waals surface area contributed by atoms with Crippen LogP contribution in [0.3, 0.4) is 0 Å². The molecule has 5 rings (SSSR count). The van der Waals surface area contributed by atoms with Gasteiger partial charge >= 0.3 is 21.3 Å². The van der Waals surface area contributed by atoms with E-state index in [4.69, 9.17) is 4.74 Å². The molecule has 1 aliphatic rings. The third kappa shape index (κ3) is 4.71. The maximum atomic E-state index is 13.3. The van der Waals surface area contributed by atoms with Gasteiger partial charge in [-0.3, -0.25) is 4.72 Å². The average Bonchev–Trinajstić information content (AvgIpc) is 3.26. The summed E-state index contributed by atoms with van der Waals surface area (Å²) in [5, 5.41) is -1.41. The number of carbonyl (C=O) groups excluding carboxylic acids is 2. The lowest BCUT2D eigenvalue weighted by Crippen LogP contribution is -2.23. The zero-order chi connectivity index (χ0) is 26.0. The lowest BCUT2D eigenvalue weighted by atomic mass is 9.86. The molecule has 0 aliphatic heterocycles. The predicted molar refractivity (Wildman–Crippen MR) is 140 cm³/mol. The molecular formula is C29H23NO6S. The molecular weight excluding hydrogens is 490 g/mol. The monoisotopic (exact) mass is 513 g/mol. The van der Waals surface area contributed by atoms with E-state index in [0.29, 0.717) is 11.1 Å². The molecule has 186 valence electrons. The first kappa shape index (κ1) is 24.3. The molecule has 1 N–H and O–H groups in total. The summed E-state index contributed by atoms with van der Waals surface area (Å²) in [6.45, 7) is 0.0909. The normalized spacial score (nSPS) is 12.4. The Morgan fingerprint density at radius 3 is 2.00 bits per heavy atom. The largest absolute Gasteiger partial charge is 0.457 e. The highest BCUT2D eigenvalue weighted by Crippen LogP contribution is 2.49. The fourth-order valence-corrected chi connectivity index (χ4v) is 5.39. The minimum absolute atomic E-state index is 0.0909. The van der Waals surface area contributed by atoms with Gasteiger partial charge in [0.05, 0.1) is 12.7 Å². The van der Waals surface area contributed by atoms with Crippen LogP contribution in [-0.4, -0.2) is 26.8 Å². The van der Waals surface area contributed by atoms with Crippen LogP contribution in [0.5, 0.6) is 0 Å². The number of benzene rings is 4. The lowest BCUT2D eigenvalue weighted by Gasteiger charge is -2.19. The molecule has 0 radical (unpaired) electrons. The molecule has 0 aromatic heterocycles. The van der Waals surface area contributed by atoms with E-state index < -0.39 is 21.3 Å². The maximum absolute atomic E-state index is 13.3. The quantitative estimate of drug-likeness (QED) is 0.292. The van der Waals surface area contributed by atoms with Crippen LogP contribution in [0.15, 0.2) is 97.1 Å². The van der Waals surface area contributed by atoms with Gasteiger partial charge in [-0.25, -0.2) is 9.59 Å². The fraction of sp³-hybridized carbons (Fsp3) is 0.103. The Labute approximate surface area is 214 Å². The van der Waals surface area contributed by atoms with Gasteiger partial charge in [0, 0.05) is 11.6 Å². The Morgan fingerprint density at radius 1 is 0.784 bits per heavy atom. The molecule has 1 aliphatic carbocycles. The third-order valence-electron chi connectivity index (χ3n) is 6.27. The number of fused-ring (bicyclic) bond motifs is 3. The zero-order valence-corrected chi connectivity index (χ0v) is 20.7. The highest BCUT2D eigenvalue weighted by atomic mass is 32.2. The second-order valence-corrected chi connectivity index (χ2v) is 10.1. The van der Waals surface area contributed by atoms with Gasteiger partial charge in [0.25, 0.3) is 0 Å². The van der Waals surface area contributed by atoms with Crippen LogP contribution in [-0.2, 0) is 26.1 Å². The van der Waals surface area contributed by atoms with E-state index in [1.807, 2.05) is 78.9 Å². The summed E-state index contributed by atoms with van der Waals surface area (Å²) in [5.41, 5.74) is 5.86. The number of methoxy groups -OCH3 is 1. The Morgan fingerprint density at radius 2 is 1.38 bits per heavy atom. The van der Waals surface area contributed by atoms with Crippen LogP contribution in [0.1, 0.15) is 38.5 Å². The molecule has 0 fully saturated rings.